The lowest BCUT2D eigenvalue weighted by Gasteiger charge is -2.37. The lowest BCUT2D eigenvalue weighted by atomic mass is 9.63. The Balaban J connectivity index is 1.36. The van der Waals surface area contributed by atoms with Crippen LogP contribution in [-0.2, 0) is 9.59 Å². The van der Waals surface area contributed by atoms with Crippen LogP contribution in [0.15, 0.2) is 60.7 Å². The van der Waals surface area contributed by atoms with Gasteiger partial charge in [0.1, 0.15) is 12.4 Å². The molecule has 168 valence electrons. The van der Waals surface area contributed by atoms with Crippen molar-refractivity contribution < 1.29 is 19.1 Å². The van der Waals surface area contributed by atoms with Gasteiger partial charge >= 0.3 is 0 Å². The SMILES string of the molecule is COc1ccccc1N(CN1C(=O)[C@@H]2[C@@H]3C=C[C@H]([C@H]4C[C@H]34)[C@@H]2C1=O)C(=O)c1ccc(Cl)cc1. The van der Waals surface area contributed by atoms with Crippen molar-refractivity contribution in [2.75, 3.05) is 18.7 Å². The van der Waals surface area contributed by atoms with Crippen LogP contribution in [0.25, 0.3) is 0 Å². The third kappa shape index (κ3) is 3.04. The van der Waals surface area contributed by atoms with Gasteiger partial charge in [0.05, 0.1) is 24.6 Å². The van der Waals surface area contributed by atoms with Gasteiger partial charge < -0.3 is 4.74 Å². The summed E-state index contributed by atoms with van der Waals surface area (Å²) < 4.78 is 5.49. The molecule has 3 fully saturated rings. The van der Waals surface area contributed by atoms with E-state index in [-0.39, 0.29) is 48.1 Å². The van der Waals surface area contributed by atoms with Crippen molar-refractivity contribution in [2.24, 2.45) is 35.5 Å². The van der Waals surface area contributed by atoms with Crippen molar-refractivity contribution in [1.29, 1.82) is 0 Å². The standard InChI is InChI=1S/C26H23ClN2O4/c1-33-21-5-3-2-4-20(21)28(24(30)14-6-8-15(27)9-7-14)13-29-25(31)22-16-10-11-17(19-12-18(16)19)23(22)26(29)32/h2-11,16-19,22-23H,12-13H2,1H3/t16-,17-,18-,19-,22-,23+/m1/s1. The molecule has 0 aromatic heterocycles. The number of ether oxygens (including phenoxy) is 1. The lowest BCUT2D eigenvalue weighted by Crippen LogP contribution is -2.45. The second-order valence-electron chi connectivity index (χ2n) is 9.31. The third-order valence-corrected chi connectivity index (χ3v) is 8.00. The van der Waals surface area contributed by atoms with E-state index in [0.29, 0.717) is 33.9 Å². The summed E-state index contributed by atoms with van der Waals surface area (Å²) in [7, 11) is 1.53. The minimum atomic E-state index is -0.337. The fourth-order valence-electron chi connectivity index (χ4n) is 6.15. The number of carbonyl (C=O) groups is 3. The van der Waals surface area contributed by atoms with Crippen LogP contribution >= 0.6 is 11.6 Å². The number of allylic oxidation sites excluding steroid dienone is 2. The predicted molar refractivity (Wildman–Crippen MR) is 123 cm³/mol. The summed E-state index contributed by atoms with van der Waals surface area (Å²) in [6.07, 6.45) is 5.40. The highest BCUT2D eigenvalue weighted by Gasteiger charge is 2.67. The molecule has 3 amide bonds. The number of methoxy groups -OCH3 is 1. The molecule has 33 heavy (non-hydrogen) atoms. The van der Waals surface area contributed by atoms with Gasteiger partial charge in [0.15, 0.2) is 0 Å². The van der Waals surface area contributed by atoms with E-state index < -0.39 is 0 Å². The van der Waals surface area contributed by atoms with Crippen molar-refractivity contribution in [3.05, 3.63) is 71.3 Å². The van der Waals surface area contributed by atoms with E-state index in [1.807, 2.05) is 6.07 Å². The highest BCUT2D eigenvalue weighted by molar-refractivity contribution is 6.30. The number of amides is 3. The summed E-state index contributed by atoms with van der Waals surface area (Å²) >= 11 is 6.01. The number of para-hydroxylation sites is 2. The molecular formula is C26H23ClN2O4. The van der Waals surface area contributed by atoms with E-state index in [4.69, 9.17) is 16.3 Å². The summed E-state index contributed by atoms with van der Waals surface area (Å²) in [4.78, 5) is 43.4. The zero-order valence-corrected chi connectivity index (χ0v) is 18.8. The van der Waals surface area contributed by atoms with Gasteiger partial charge in [0.2, 0.25) is 11.8 Å². The van der Waals surface area contributed by atoms with Gasteiger partial charge in [-0.05, 0) is 66.5 Å². The number of likely N-dealkylation sites (tertiary alicyclic amines) is 1. The number of benzene rings is 2. The molecule has 4 aliphatic carbocycles. The molecule has 7 heteroatoms. The van der Waals surface area contributed by atoms with E-state index in [9.17, 15) is 14.4 Å². The van der Waals surface area contributed by atoms with Crippen LogP contribution in [0.4, 0.5) is 5.69 Å². The maximum atomic E-state index is 13.6. The van der Waals surface area contributed by atoms with Crippen LogP contribution in [0, 0.1) is 35.5 Å². The fourth-order valence-corrected chi connectivity index (χ4v) is 6.28. The molecule has 1 heterocycles. The van der Waals surface area contributed by atoms with Gasteiger partial charge in [-0.15, -0.1) is 0 Å². The van der Waals surface area contributed by atoms with E-state index in [2.05, 4.69) is 12.2 Å². The molecular weight excluding hydrogens is 440 g/mol. The number of halogens is 1. The zero-order chi connectivity index (χ0) is 22.9. The molecule has 0 spiro atoms. The maximum absolute atomic E-state index is 13.6. The van der Waals surface area contributed by atoms with Crippen LogP contribution in [0.1, 0.15) is 16.8 Å². The van der Waals surface area contributed by atoms with E-state index in [0.717, 1.165) is 6.42 Å². The second-order valence-corrected chi connectivity index (χ2v) is 9.75. The van der Waals surface area contributed by atoms with Crippen LogP contribution < -0.4 is 9.64 Å². The number of hydrogen-bond donors (Lipinski definition) is 0. The highest BCUT2D eigenvalue weighted by atomic mass is 35.5. The number of imide groups is 1. The molecule has 2 saturated carbocycles. The Morgan fingerprint density at radius 3 is 2.21 bits per heavy atom. The number of hydrogen-bond acceptors (Lipinski definition) is 4. The van der Waals surface area contributed by atoms with Crippen LogP contribution in [0.5, 0.6) is 5.75 Å². The minimum Gasteiger partial charge on any atom is -0.495 e. The molecule has 2 aromatic carbocycles. The minimum absolute atomic E-state index is 0.137. The topological polar surface area (TPSA) is 66.9 Å². The van der Waals surface area contributed by atoms with Gasteiger partial charge in [0, 0.05) is 10.6 Å². The van der Waals surface area contributed by atoms with Gasteiger partial charge in [0.25, 0.3) is 5.91 Å². The van der Waals surface area contributed by atoms with E-state index in [1.165, 1.54) is 16.9 Å². The van der Waals surface area contributed by atoms with Crippen molar-refractivity contribution in [3.8, 4) is 5.75 Å². The summed E-state index contributed by atoms with van der Waals surface area (Å²) in [5.74, 6) is 0.531. The first-order chi connectivity index (χ1) is 16.0. The number of anilines is 1. The zero-order valence-electron chi connectivity index (χ0n) is 18.1. The second kappa shape index (κ2) is 7.45. The first-order valence-corrected chi connectivity index (χ1v) is 11.6. The molecule has 7 rings (SSSR count). The smallest absolute Gasteiger partial charge is 0.259 e. The molecule has 0 unspecified atom stereocenters. The highest BCUT2D eigenvalue weighted by Crippen LogP contribution is 2.65. The number of carbonyl (C=O) groups excluding carboxylic acids is 3. The third-order valence-electron chi connectivity index (χ3n) is 7.75. The maximum Gasteiger partial charge on any atom is 0.259 e. The number of nitrogens with zero attached hydrogens (tertiary/aromatic N) is 2. The number of rotatable bonds is 5. The van der Waals surface area contributed by atoms with Gasteiger partial charge in [-0.1, -0.05) is 35.9 Å². The predicted octanol–water partition coefficient (Wildman–Crippen LogP) is 4.01. The summed E-state index contributed by atoms with van der Waals surface area (Å²) in [5, 5.41) is 0.519. The molecule has 0 N–H and O–H groups in total. The molecule has 2 bridgehead atoms. The van der Waals surface area contributed by atoms with Gasteiger partial charge in [-0.25, -0.2) is 0 Å². The Morgan fingerprint density at radius 1 is 1.00 bits per heavy atom. The quantitative estimate of drug-likeness (QED) is 0.497. The average molecular weight is 463 g/mol. The first-order valence-electron chi connectivity index (χ1n) is 11.2. The molecule has 6 nitrogen and oxygen atoms in total. The van der Waals surface area contributed by atoms with Crippen LogP contribution in [0.2, 0.25) is 5.02 Å². The van der Waals surface area contributed by atoms with Crippen molar-refractivity contribution in [2.45, 2.75) is 6.42 Å². The normalized spacial score (nSPS) is 30.8. The van der Waals surface area contributed by atoms with Crippen molar-refractivity contribution in [3.63, 3.8) is 0 Å². The van der Waals surface area contributed by atoms with Crippen molar-refractivity contribution >= 4 is 35.0 Å². The Kier molecular flexibility index (Phi) is 4.63. The largest absolute Gasteiger partial charge is 0.495 e. The summed E-state index contributed by atoms with van der Waals surface area (Å²) in [6, 6.07) is 13.7. The molecule has 2 aromatic rings. The summed E-state index contributed by atoms with van der Waals surface area (Å²) in [5.41, 5.74) is 0.907. The Hall–Kier alpha value is -3.12. The molecule has 0 radical (unpaired) electrons. The van der Waals surface area contributed by atoms with E-state index >= 15 is 0 Å². The van der Waals surface area contributed by atoms with Gasteiger partial charge in [-0.2, -0.15) is 0 Å². The Labute approximate surface area is 196 Å². The van der Waals surface area contributed by atoms with Crippen LogP contribution in [0.3, 0.4) is 0 Å². The van der Waals surface area contributed by atoms with Crippen molar-refractivity contribution in [1.82, 2.24) is 4.90 Å². The molecule has 6 atom stereocenters. The monoisotopic (exact) mass is 462 g/mol. The lowest BCUT2D eigenvalue weighted by molar-refractivity contribution is -0.140. The van der Waals surface area contributed by atoms with E-state index in [1.54, 1.807) is 42.5 Å². The fraction of sp³-hybridized carbons (Fsp3) is 0.346. The average Bonchev–Trinajstić information content (AvgIpc) is 3.62. The first kappa shape index (κ1) is 20.5. The molecule has 1 saturated heterocycles. The van der Waals surface area contributed by atoms with Crippen LogP contribution in [-0.4, -0.2) is 36.4 Å². The van der Waals surface area contributed by atoms with Gasteiger partial charge in [-0.3, -0.25) is 24.2 Å². The molecule has 5 aliphatic rings. The molecule has 1 aliphatic heterocycles. The Morgan fingerprint density at radius 2 is 1.61 bits per heavy atom. The summed E-state index contributed by atoms with van der Waals surface area (Å²) in [6.45, 7) is -0.152. The Bertz CT molecular complexity index is 1160.